The molecule has 3 nitrogen and oxygen atoms in total. The van der Waals surface area contributed by atoms with Crippen molar-refractivity contribution >= 4 is 17.5 Å². The third-order valence-corrected chi connectivity index (χ3v) is 4.97. The van der Waals surface area contributed by atoms with Crippen molar-refractivity contribution in [3.05, 3.63) is 76.0 Å². The van der Waals surface area contributed by atoms with E-state index in [1.54, 1.807) is 30.4 Å². The summed E-state index contributed by atoms with van der Waals surface area (Å²) in [4.78, 5) is 12.8. The van der Waals surface area contributed by atoms with E-state index in [4.69, 9.17) is 16.3 Å². The zero-order chi connectivity index (χ0) is 19.1. The number of ether oxygens (including phenoxy) is 1. The van der Waals surface area contributed by atoms with Crippen molar-refractivity contribution in [1.82, 2.24) is 5.32 Å². The van der Waals surface area contributed by atoms with Crippen LogP contribution >= 0.6 is 11.6 Å². The number of halogens is 2. The number of carbonyl (C=O) groups excluding carboxylic acids is 1. The maximum atomic E-state index is 13.0. The first-order valence-electron chi connectivity index (χ1n) is 9.34. The molecule has 0 aromatic heterocycles. The molecule has 1 saturated carbocycles. The van der Waals surface area contributed by atoms with Gasteiger partial charge in [0, 0.05) is 23.6 Å². The number of benzene rings is 1. The van der Waals surface area contributed by atoms with Crippen LogP contribution < -0.4 is 5.32 Å². The van der Waals surface area contributed by atoms with Crippen LogP contribution in [-0.2, 0) is 16.0 Å². The van der Waals surface area contributed by atoms with E-state index in [2.05, 4.69) is 11.0 Å². The highest BCUT2D eigenvalue weighted by molar-refractivity contribution is 6.31. The molecule has 0 heterocycles. The lowest BCUT2D eigenvalue weighted by atomic mass is 9.95. The van der Waals surface area contributed by atoms with E-state index < -0.39 is 0 Å². The van der Waals surface area contributed by atoms with Crippen LogP contribution in [0.25, 0.3) is 0 Å². The van der Waals surface area contributed by atoms with Gasteiger partial charge in [-0.25, -0.2) is 4.39 Å². The minimum absolute atomic E-state index is 0.165. The molecule has 1 N–H and O–H groups in total. The molecule has 0 spiro atoms. The lowest BCUT2D eigenvalue weighted by Crippen LogP contribution is -2.37. The zero-order valence-electron chi connectivity index (χ0n) is 15.1. The van der Waals surface area contributed by atoms with Gasteiger partial charge < -0.3 is 10.1 Å². The largest absolute Gasteiger partial charge is 0.485 e. The summed E-state index contributed by atoms with van der Waals surface area (Å²) in [5, 5.41) is 3.58. The van der Waals surface area contributed by atoms with E-state index >= 15 is 0 Å². The van der Waals surface area contributed by atoms with Crippen LogP contribution in [0.2, 0.25) is 0 Å². The molecular formula is C22H23ClFNO2. The van der Waals surface area contributed by atoms with Crippen LogP contribution in [0.15, 0.2) is 64.6 Å². The van der Waals surface area contributed by atoms with Gasteiger partial charge in [0.2, 0.25) is 0 Å². The van der Waals surface area contributed by atoms with Crippen molar-refractivity contribution in [2.45, 2.75) is 44.6 Å². The number of carbonyl (C=O) groups is 1. The summed E-state index contributed by atoms with van der Waals surface area (Å²) < 4.78 is 18.8. The molecule has 5 heteroatoms. The van der Waals surface area contributed by atoms with Crippen molar-refractivity contribution < 1.29 is 13.9 Å². The quantitative estimate of drug-likeness (QED) is 0.702. The summed E-state index contributed by atoms with van der Waals surface area (Å²) in [7, 11) is 0. The summed E-state index contributed by atoms with van der Waals surface area (Å²) in [6, 6.07) is 6.50. The van der Waals surface area contributed by atoms with E-state index in [0.717, 1.165) is 31.2 Å². The Morgan fingerprint density at radius 3 is 2.67 bits per heavy atom. The smallest absolute Gasteiger partial charge is 0.255 e. The topological polar surface area (TPSA) is 38.3 Å². The Bertz CT molecular complexity index is 798. The maximum absolute atomic E-state index is 13.0. The van der Waals surface area contributed by atoms with Crippen molar-refractivity contribution in [3.8, 4) is 0 Å². The summed E-state index contributed by atoms with van der Waals surface area (Å²) in [5.74, 6) is -0.0566. The first-order valence-corrected chi connectivity index (χ1v) is 9.72. The molecule has 142 valence electrons. The zero-order valence-corrected chi connectivity index (χ0v) is 15.9. The minimum atomic E-state index is -0.264. The molecule has 0 saturated heterocycles. The van der Waals surface area contributed by atoms with Gasteiger partial charge in [-0.3, -0.25) is 4.79 Å². The highest BCUT2D eigenvalue weighted by atomic mass is 35.5. The van der Waals surface area contributed by atoms with E-state index in [1.165, 1.54) is 18.6 Å². The monoisotopic (exact) mass is 387 g/mol. The molecular weight excluding hydrogens is 365 g/mol. The molecule has 3 rings (SSSR count). The molecule has 1 amide bonds. The Hall–Kier alpha value is -2.29. The third kappa shape index (κ3) is 5.85. The second-order valence-corrected chi connectivity index (χ2v) is 7.22. The summed E-state index contributed by atoms with van der Waals surface area (Å²) in [6.45, 7) is 0.355. The fraction of sp³-hybridized carbons (Fsp3) is 0.364. The maximum Gasteiger partial charge on any atom is 0.255 e. The van der Waals surface area contributed by atoms with Crippen molar-refractivity contribution in [2.24, 2.45) is 0 Å². The Labute approximate surface area is 164 Å². The number of hydrogen-bond acceptors (Lipinski definition) is 2. The number of rotatable bonds is 6. The molecule has 0 aliphatic heterocycles. The normalized spacial score (nSPS) is 17.5. The van der Waals surface area contributed by atoms with Crippen LogP contribution in [-0.4, -0.2) is 18.6 Å². The minimum Gasteiger partial charge on any atom is -0.485 e. The summed E-state index contributed by atoms with van der Waals surface area (Å²) in [6.07, 6.45) is 11.1. The first kappa shape index (κ1) is 19.5. The average Bonchev–Trinajstić information content (AvgIpc) is 2.86. The molecule has 0 unspecified atom stereocenters. The van der Waals surface area contributed by atoms with E-state index in [1.807, 2.05) is 0 Å². The summed E-state index contributed by atoms with van der Waals surface area (Å²) >= 11 is 6.06. The molecule has 1 aromatic carbocycles. The lowest BCUT2D eigenvalue weighted by Gasteiger charge is -2.23. The molecule has 0 bridgehead atoms. The van der Waals surface area contributed by atoms with Gasteiger partial charge in [-0.2, -0.15) is 0 Å². The Balaban J connectivity index is 1.64. The van der Waals surface area contributed by atoms with Crippen LogP contribution in [0, 0.1) is 5.82 Å². The highest BCUT2D eigenvalue weighted by Gasteiger charge is 2.21. The second kappa shape index (κ2) is 9.59. The van der Waals surface area contributed by atoms with Crippen molar-refractivity contribution in [2.75, 3.05) is 6.61 Å². The highest BCUT2D eigenvalue weighted by Crippen LogP contribution is 2.21. The van der Waals surface area contributed by atoms with E-state index in [9.17, 15) is 9.18 Å². The fourth-order valence-electron chi connectivity index (χ4n) is 3.23. The van der Waals surface area contributed by atoms with Crippen LogP contribution in [0.1, 0.15) is 37.7 Å². The molecule has 0 atom stereocenters. The number of amides is 1. The predicted molar refractivity (Wildman–Crippen MR) is 105 cm³/mol. The van der Waals surface area contributed by atoms with Crippen LogP contribution in [0.4, 0.5) is 4.39 Å². The average molecular weight is 388 g/mol. The standard InChI is InChI=1S/C22H23ClFNO2/c23-17-8-12-20(22(26)25-19-4-2-1-3-5-19)21(13-9-17)27-15-14-16-6-10-18(24)11-7-16/h6-12,19H,1-5,14-15H2,(H,25,26). The Morgan fingerprint density at radius 2 is 1.93 bits per heavy atom. The molecule has 2 aliphatic rings. The number of nitrogens with one attached hydrogen (secondary N) is 1. The van der Waals surface area contributed by atoms with Crippen LogP contribution in [0.5, 0.6) is 0 Å². The molecule has 2 aliphatic carbocycles. The van der Waals surface area contributed by atoms with Gasteiger partial charge in [0.15, 0.2) is 5.76 Å². The third-order valence-electron chi connectivity index (χ3n) is 4.73. The van der Waals surface area contributed by atoms with Gasteiger partial charge in [-0.05, 0) is 42.7 Å². The van der Waals surface area contributed by atoms with Crippen molar-refractivity contribution in [1.29, 1.82) is 0 Å². The van der Waals surface area contributed by atoms with E-state index in [0.29, 0.717) is 29.4 Å². The van der Waals surface area contributed by atoms with Gasteiger partial charge >= 0.3 is 0 Å². The summed E-state index contributed by atoms with van der Waals surface area (Å²) in [5.41, 5.74) is 4.36. The second-order valence-electron chi connectivity index (χ2n) is 6.78. The number of allylic oxidation sites excluding steroid dienone is 3. The predicted octanol–water partition coefficient (Wildman–Crippen LogP) is 4.94. The van der Waals surface area contributed by atoms with Gasteiger partial charge in [-0.1, -0.05) is 48.7 Å². The molecule has 1 aromatic rings. The fourth-order valence-corrected chi connectivity index (χ4v) is 3.35. The first-order chi connectivity index (χ1) is 13.1. The van der Waals surface area contributed by atoms with Gasteiger partial charge in [0.25, 0.3) is 5.91 Å². The van der Waals surface area contributed by atoms with Gasteiger partial charge in [-0.15, -0.1) is 0 Å². The van der Waals surface area contributed by atoms with Crippen molar-refractivity contribution in [3.63, 3.8) is 0 Å². The Kier molecular flexibility index (Phi) is 6.92. The van der Waals surface area contributed by atoms with E-state index in [-0.39, 0.29) is 17.8 Å². The van der Waals surface area contributed by atoms with Crippen LogP contribution in [0.3, 0.4) is 0 Å². The molecule has 0 radical (unpaired) electrons. The SMILES string of the molecule is O=C(NC1CCCCC1)C1=CC=C(Cl)C=C=C1OCCc1ccc(F)cc1. The van der Waals surface area contributed by atoms with Gasteiger partial charge in [0.1, 0.15) is 5.82 Å². The molecule has 1 fully saturated rings. The van der Waals surface area contributed by atoms with Gasteiger partial charge in [0.05, 0.1) is 12.2 Å². The Morgan fingerprint density at radius 1 is 1.19 bits per heavy atom. The molecule has 27 heavy (non-hydrogen) atoms. The number of hydrogen-bond donors (Lipinski definition) is 1. The lowest BCUT2D eigenvalue weighted by molar-refractivity contribution is -0.118.